The minimum Gasteiger partial charge on any atom is -0.345 e. The summed E-state index contributed by atoms with van der Waals surface area (Å²) in [7, 11) is 2.23. The molecule has 2 aliphatic rings. The van der Waals surface area contributed by atoms with Crippen LogP contribution in [0.1, 0.15) is 12.5 Å². The maximum atomic E-state index is 6.29. The van der Waals surface area contributed by atoms with Crippen LogP contribution in [0.4, 0.5) is 0 Å². The van der Waals surface area contributed by atoms with Gasteiger partial charge in [-0.15, -0.1) is 0 Å². The van der Waals surface area contributed by atoms with Crippen LogP contribution in [0.15, 0.2) is 30.5 Å². The Hall–Kier alpha value is -1.25. The molecule has 1 aromatic carbocycles. The highest BCUT2D eigenvalue weighted by atomic mass is 35.5. The second-order valence-corrected chi connectivity index (χ2v) is 6.35. The number of hydrogen-bond acceptors (Lipinski definition) is 1. The van der Waals surface area contributed by atoms with Gasteiger partial charge < -0.3 is 4.57 Å². The number of rotatable bonds is 0. The lowest BCUT2D eigenvalue weighted by Gasteiger charge is -2.39. The zero-order valence-corrected chi connectivity index (χ0v) is 12.0. The van der Waals surface area contributed by atoms with Gasteiger partial charge in [0.05, 0.1) is 11.6 Å². The molecule has 0 aliphatic carbocycles. The lowest BCUT2D eigenvalue weighted by molar-refractivity contribution is 0.234. The maximum Gasteiger partial charge on any atom is 0.0558 e. The summed E-state index contributed by atoms with van der Waals surface area (Å²) in [6, 6.07) is 6.85. The zero-order chi connectivity index (χ0) is 13.1. The number of halogens is 1. The molecule has 4 rings (SSSR count). The molecule has 2 nitrogen and oxygen atoms in total. The molecular formula is C16H17ClN2. The average Bonchev–Trinajstić information content (AvgIpc) is 2.74. The van der Waals surface area contributed by atoms with Crippen LogP contribution in [0.2, 0.25) is 5.02 Å². The van der Waals surface area contributed by atoms with E-state index in [2.05, 4.69) is 53.9 Å². The number of aromatic nitrogens is 1. The minimum absolute atomic E-state index is 0.484. The molecule has 0 bridgehead atoms. The molecule has 0 spiro atoms. The zero-order valence-electron chi connectivity index (χ0n) is 11.2. The lowest BCUT2D eigenvalue weighted by atomic mass is 9.86. The second-order valence-electron chi connectivity index (χ2n) is 5.91. The third-order valence-corrected chi connectivity index (χ3v) is 4.66. The van der Waals surface area contributed by atoms with Gasteiger partial charge in [0.1, 0.15) is 0 Å². The van der Waals surface area contributed by atoms with Gasteiger partial charge in [0.2, 0.25) is 0 Å². The number of hydrogen-bond donors (Lipinski definition) is 0. The molecule has 0 N–H and O–H groups in total. The SMILES string of the molecule is C[C@@H]1C=C2c3cc(Cl)cc4ccn(c34)C[C@@H]2N(C)C1. The number of likely N-dealkylation sites (N-methyl/N-ethyl adjacent to an activating group) is 1. The molecule has 3 heteroatoms. The van der Waals surface area contributed by atoms with Crippen LogP contribution in [0.5, 0.6) is 0 Å². The van der Waals surface area contributed by atoms with Gasteiger partial charge in [0.25, 0.3) is 0 Å². The van der Waals surface area contributed by atoms with E-state index in [9.17, 15) is 0 Å². The van der Waals surface area contributed by atoms with Gasteiger partial charge >= 0.3 is 0 Å². The molecule has 0 radical (unpaired) electrons. The standard InChI is InChI=1S/C16H17ClN2/c1-10-5-13-14-7-12(17)6-11-3-4-19(16(11)14)9-15(13)18(2)8-10/h3-7,10,15H,8-9H2,1-2H3/t10-,15+/m1/s1. The lowest BCUT2D eigenvalue weighted by Crippen LogP contribution is -2.43. The van der Waals surface area contributed by atoms with E-state index in [1.165, 1.54) is 22.0 Å². The summed E-state index contributed by atoms with van der Waals surface area (Å²) in [5, 5.41) is 2.09. The van der Waals surface area contributed by atoms with E-state index >= 15 is 0 Å². The Morgan fingerprint density at radius 3 is 2.95 bits per heavy atom. The first-order chi connectivity index (χ1) is 9.13. The predicted octanol–water partition coefficient (Wildman–Crippen LogP) is 3.64. The summed E-state index contributed by atoms with van der Waals surface area (Å²) >= 11 is 6.29. The summed E-state index contributed by atoms with van der Waals surface area (Å²) in [4.78, 5) is 2.47. The van der Waals surface area contributed by atoms with Gasteiger partial charge in [0, 0.05) is 35.3 Å². The normalized spacial score (nSPS) is 26.4. The fraction of sp³-hybridized carbons (Fsp3) is 0.375. The molecule has 0 saturated heterocycles. The van der Waals surface area contributed by atoms with Crippen LogP contribution in [0, 0.1) is 5.92 Å². The average molecular weight is 273 g/mol. The van der Waals surface area contributed by atoms with Gasteiger partial charge in [-0.25, -0.2) is 0 Å². The third-order valence-electron chi connectivity index (χ3n) is 4.44. The second kappa shape index (κ2) is 3.87. The third kappa shape index (κ3) is 1.60. The molecule has 98 valence electrons. The molecule has 1 aromatic heterocycles. The Labute approximate surface area is 118 Å². The van der Waals surface area contributed by atoms with E-state index < -0.39 is 0 Å². The largest absolute Gasteiger partial charge is 0.345 e. The van der Waals surface area contributed by atoms with Crippen molar-refractivity contribution in [3.8, 4) is 0 Å². The molecule has 0 unspecified atom stereocenters. The highest BCUT2D eigenvalue weighted by molar-refractivity contribution is 6.31. The van der Waals surface area contributed by atoms with Gasteiger partial charge in [-0.2, -0.15) is 0 Å². The van der Waals surface area contributed by atoms with E-state index in [1.54, 1.807) is 0 Å². The molecule has 2 atom stereocenters. The Balaban J connectivity index is 2.04. The van der Waals surface area contributed by atoms with E-state index in [1.807, 2.05) is 0 Å². The van der Waals surface area contributed by atoms with Gasteiger partial charge in [-0.05, 0) is 36.7 Å². The maximum absolute atomic E-state index is 6.29. The summed E-state index contributed by atoms with van der Waals surface area (Å²) in [5.41, 5.74) is 4.12. The highest BCUT2D eigenvalue weighted by Gasteiger charge is 2.32. The van der Waals surface area contributed by atoms with Crippen molar-refractivity contribution in [1.29, 1.82) is 0 Å². The topological polar surface area (TPSA) is 8.17 Å². The van der Waals surface area contributed by atoms with Crippen LogP contribution in [0.25, 0.3) is 16.5 Å². The van der Waals surface area contributed by atoms with Crippen molar-refractivity contribution in [1.82, 2.24) is 9.47 Å². The summed E-state index contributed by atoms with van der Waals surface area (Å²) in [6.45, 7) is 4.47. The van der Waals surface area contributed by atoms with Crippen molar-refractivity contribution in [2.24, 2.45) is 5.92 Å². The van der Waals surface area contributed by atoms with Crippen molar-refractivity contribution < 1.29 is 0 Å². The number of fused-ring (bicyclic) bond motifs is 2. The van der Waals surface area contributed by atoms with Crippen molar-refractivity contribution in [3.05, 3.63) is 41.1 Å². The Kier molecular flexibility index (Phi) is 2.36. The molecule has 2 aromatic rings. The van der Waals surface area contributed by atoms with Crippen LogP contribution in [0.3, 0.4) is 0 Å². The summed E-state index contributed by atoms with van der Waals surface area (Å²) < 4.78 is 2.37. The first-order valence-electron chi connectivity index (χ1n) is 6.84. The van der Waals surface area contributed by atoms with Gasteiger partial charge in [0.15, 0.2) is 0 Å². The van der Waals surface area contributed by atoms with Crippen molar-refractivity contribution in [2.75, 3.05) is 13.6 Å². The predicted molar refractivity (Wildman–Crippen MR) is 80.5 cm³/mol. The minimum atomic E-state index is 0.484. The smallest absolute Gasteiger partial charge is 0.0558 e. The van der Waals surface area contributed by atoms with E-state index in [0.717, 1.165) is 18.1 Å². The van der Waals surface area contributed by atoms with Crippen molar-refractivity contribution >= 4 is 28.1 Å². The molecule has 3 heterocycles. The quantitative estimate of drug-likeness (QED) is 0.711. The number of benzene rings is 1. The van der Waals surface area contributed by atoms with Crippen LogP contribution >= 0.6 is 11.6 Å². The Bertz CT molecular complexity index is 698. The number of nitrogens with zero attached hydrogens (tertiary/aromatic N) is 2. The van der Waals surface area contributed by atoms with E-state index in [4.69, 9.17) is 11.6 Å². The van der Waals surface area contributed by atoms with Crippen molar-refractivity contribution in [3.63, 3.8) is 0 Å². The van der Waals surface area contributed by atoms with Crippen LogP contribution < -0.4 is 0 Å². The molecule has 0 saturated carbocycles. The molecule has 19 heavy (non-hydrogen) atoms. The van der Waals surface area contributed by atoms with Crippen LogP contribution in [-0.4, -0.2) is 29.1 Å². The fourth-order valence-corrected chi connectivity index (χ4v) is 3.89. The Morgan fingerprint density at radius 1 is 1.26 bits per heavy atom. The van der Waals surface area contributed by atoms with E-state index in [0.29, 0.717) is 12.0 Å². The molecule has 0 fully saturated rings. The van der Waals surface area contributed by atoms with E-state index in [-0.39, 0.29) is 0 Å². The molecule has 0 amide bonds. The summed E-state index contributed by atoms with van der Waals surface area (Å²) in [6.07, 6.45) is 4.62. The summed E-state index contributed by atoms with van der Waals surface area (Å²) in [5.74, 6) is 0.604. The monoisotopic (exact) mass is 272 g/mol. The van der Waals surface area contributed by atoms with Crippen LogP contribution in [-0.2, 0) is 6.54 Å². The first kappa shape index (κ1) is 11.6. The Morgan fingerprint density at radius 2 is 2.11 bits per heavy atom. The van der Waals surface area contributed by atoms with Crippen molar-refractivity contribution in [2.45, 2.75) is 19.5 Å². The van der Waals surface area contributed by atoms with Gasteiger partial charge in [-0.1, -0.05) is 24.6 Å². The first-order valence-corrected chi connectivity index (χ1v) is 7.22. The molecular weight excluding hydrogens is 256 g/mol. The fourth-order valence-electron chi connectivity index (χ4n) is 3.67. The highest BCUT2D eigenvalue weighted by Crippen LogP contribution is 2.39. The molecule has 2 aliphatic heterocycles. The van der Waals surface area contributed by atoms with Gasteiger partial charge in [-0.3, -0.25) is 4.90 Å².